The summed E-state index contributed by atoms with van der Waals surface area (Å²) in [5, 5.41) is 4.45. The number of hydrogen-bond donors (Lipinski definition) is 1. The number of hydrogen-bond acceptors (Lipinski definition) is 2. The van der Waals surface area contributed by atoms with Gasteiger partial charge in [-0.1, -0.05) is 40.5 Å². The Morgan fingerprint density at radius 2 is 2.10 bits per heavy atom. The number of nitrogens with one attached hydrogen (secondary N) is 1. The monoisotopic (exact) mass is 359 g/mol. The molecule has 1 fully saturated rings. The zero-order valence-corrected chi connectivity index (χ0v) is 14.4. The van der Waals surface area contributed by atoms with E-state index in [9.17, 15) is 0 Å². The van der Waals surface area contributed by atoms with E-state index in [1.54, 1.807) is 0 Å². The zero-order chi connectivity index (χ0) is 14.4. The van der Waals surface area contributed by atoms with Crippen LogP contribution in [0.4, 0.5) is 0 Å². The van der Waals surface area contributed by atoms with E-state index in [1.807, 2.05) is 6.07 Å². The largest absolute Gasteiger partial charge is 0.381 e. The third-order valence-electron chi connectivity index (χ3n) is 4.06. The van der Waals surface area contributed by atoms with E-state index >= 15 is 0 Å². The summed E-state index contributed by atoms with van der Waals surface area (Å²) in [7, 11) is 0. The lowest BCUT2D eigenvalue weighted by molar-refractivity contribution is 0.0150. The van der Waals surface area contributed by atoms with Gasteiger partial charge in [-0.25, -0.2) is 0 Å². The van der Waals surface area contributed by atoms with Gasteiger partial charge in [-0.05, 0) is 55.3 Å². The Morgan fingerprint density at radius 1 is 1.35 bits per heavy atom. The highest BCUT2D eigenvalue weighted by Crippen LogP contribution is 2.36. The highest BCUT2D eigenvalue weighted by atomic mass is 79.9. The normalized spacial score (nSPS) is 18.1. The van der Waals surface area contributed by atoms with E-state index < -0.39 is 0 Å². The van der Waals surface area contributed by atoms with Crippen molar-refractivity contribution in [2.45, 2.75) is 32.6 Å². The second-order valence-electron chi connectivity index (χ2n) is 5.70. The van der Waals surface area contributed by atoms with Gasteiger partial charge in [0, 0.05) is 29.3 Å². The van der Waals surface area contributed by atoms with Gasteiger partial charge in [-0.15, -0.1) is 0 Å². The van der Waals surface area contributed by atoms with Crippen LogP contribution < -0.4 is 5.32 Å². The van der Waals surface area contributed by atoms with Crippen LogP contribution in [-0.4, -0.2) is 26.3 Å². The number of rotatable bonds is 6. The van der Waals surface area contributed by atoms with Crippen molar-refractivity contribution in [1.29, 1.82) is 0 Å². The lowest BCUT2D eigenvalue weighted by Gasteiger charge is -2.38. The summed E-state index contributed by atoms with van der Waals surface area (Å²) >= 11 is 9.86. The van der Waals surface area contributed by atoms with Gasteiger partial charge in [0.1, 0.15) is 0 Å². The molecule has 0 radical (unpaired) electrons. The lowest BCUT2D eigenvalue weighted by atomic mass is 9.75. The Balaban J connectivity index is 2.10. The third-order valence-corrected chi connectivity index (χ3v) is 4.91. The molecule has 0 saturated carbocycles. The highest BCUT2D eigenvalue weighted by Gasteiger charge is 2.32. The summed E-state index contributed by atoms with van der Waals surface area (Å²) in [6.07, 6.45) is 4.41. The molecule has 1 aromatic carbocycles. The predicted octanol–water partition coefficient (Wildman–Crippen LogP) is 4.44. The second-order valence-corrected chi connectivity index (χ2v) is 7.02. The van der Waals surface area contributed by atoms with Crippen LogP contribution in [-0.2, 0) is 11.2 Å². The lowest BCUT2D eigenvalue weighted by Crippen LogP contribution is -2.41. The van der Waals surface area contributed by atoms with E-state index in [2.05, 4.69) is 40.3 Å². The van der Waals surface area contributed by atoms with Crippen LogP contribution in [0.2, 0.25) is 5.02 Å². The van der Waals surface area contributed by atoms with E-state index in [0.29, 0.717) is 0 Å². The molecule has 1 aromatic rings. The predicted molar refractivity (Wildman–Crippen MR) is 88.5 cm³/mol. The molecule has 0 spiro atoms. The molecular formula is C16H23BrClNO. The summed E-state index contributed by atoms with van der Waals surface area (Å²) in [5.41, 5.74) is 1.53. The summed E-state index contributed by atoms with van der Waals surface area (Å²) in [6, 6.07) is 6.21. The molecule has 112 valence electrons. The first-order chi connectivity index (χ1) is 9.65. The maximum Gasteiger partial charge on any atom is 0.0471 e. The fourth-order valence-electron chi connectivity index (χ4n) is 2.82. The Kier molecular flexibility index (Phi) is 6.34. The molecule has 1 aliphatic rings. The standard InChI is InChI=1S/C16H23BrClNO/c1-2-7-19-12-16(5-8-20-9-6-16)11-13-3-4-14(17)10-15(13)18/h3-4,10,19H,2,5-9,11-12H2,1H3. The van der Waals surface area contributed by atoms with Crippen molar-refractivity contribution in [3.05, 3.63) is 33.3 Å². The van der Waals surface area contributed by atoms with Crippen LogP contribution in [0, 0.1) is 5.41 Å². The SMILES string of the molecule is CCCNCC1(Cc2ccc(Br)cc2Cl)CCOCC1. The average Bonchev–Trinajstić information content (AvgIpc) is 2.44. The van der Waals surface area contributed by atoms with Gasteiger partial charge in [0.15, 0.2) is 0 Å². The quantitative estimate of drug-likeness (QED) is 0.757. The van der Waals surface area contributed by atoms with Crippen molar-refractivity contribution in [3.8, 4) is 0 Å². The van der Waals surface area contributed by atoms with Gasteiger partial charge in [-0.3, -0.25) is 0 Å². The molecule has 1 aliphatic heterocycles. The molecule has 0 amide bonds. The fraction of sp³-hybridized carbons (Fsp3) is 0.625. The maximum atomic E-state index is 6.39. The number of halogens is 2. The molecule has 0 atom stereocenters. The van der Waals surface area contributed by atoms with Crippen molar-refractivity contribution in [3.63, 3.8) is 0 Å². The van der Waals surface area contributed by atoms with E-state index in [1.165, 1.54) is 12.0 Å². The van der Waals surface area contributed by atoms with Crippen LogP contribution in [0.1, 0.15) is 31.7 Å². The third kappa shape index (κ3) is 4.45. The van der Waals surface area contributed by atoms with Gasteiger partial charge in [-0.2, -0.15) is 0 Å². The van der Waals surface area contributed by atoms with Crippen LogP contribution in [0.25, 0.3) is 0 Å². The van der Waals surface area contributed by atoms with Crippen LogP contribution in [0.3, 0.4) is 0 Å². The molecule has 1 heterocycles. The molecule has 0 unspecified atom stereocenters. The average molecular weight is 361 g/mol. The van der Waals surface area contributed by atoms with Crippen LogP contribution in [0.5, 0.6) is 0 Å². The maximum absolute atomic E-state index is 6.39. The summed E-state index contributed by atoms with van der Waals surface area (Å²) < 4.78 is 6.59. The minimum Gasteiger partial charge on any atom is -0.381 e. The smallest absolute Gasteiger partial charge is 0.0471 e. The van der Waals surface area contributed by atoms with Crippen molar-refractivity contribution in [2.24, 2.45) is 5.41 Å². The molecule has 0 aromatic heterocycles. The first kappa shape index (κ1) is 16.3. The zero-order valence-electron chi connectivity index (χ0n) is 12.1. The molecule has 0 bridgehead atoms. The first-order valence-corrected chi connectivity index (χ1v) is 8.55. The van der Waals surface area contributed by atoms with Gasteiger partial charge < -0.3 is 10.1 Å². The van der Waals surface area contributed by atoms with E-state index in [-0.39, 0.29) is 5.41 Å². The Hall–Kier alpha value is -0.0900. The van der Waals surface area contributed by atoms with Gasteiger partial charge in [0.2, 0.25) is 0 Å². The van der Waals surface area contributed by atoms with Crippen LogP contribution in [0.15, 0.2) is 22.7 Å². The molecule has 4 heteroatoms. The van der Waals surface area contributed by atoms with Crippen LogP contribution >= 0.6 is 27.5 Å². The van der Waals surface area contributed by atoms with Crippen molar-refractivity contribution in [1.82, 2.24) is 5.32 Å². The van der Waals surface area contributed by atoms with Gasteiger partial charge in [0.05, 0.1) is 0 Å². The first-order valence-electron chi connectivity index (χ1n) is 7.38. The van der Waals surface area contributed by atoms with Gasteiger partial charge >= 0.3 is 0 Å². The Morgan fingerprint density at radius 3 is 2.75 bits per heavy atom. The van der Waals surface area contributed by atoms with E-state index in [4.69, 9.17) is 16.3 Å². The molecule has 0 aliphatic carbocycles. The molecule has 2 nitrogen and oxygen atoms in total. The molecule has 2 rings (SSSR count). The Bertz CT molecular complexity index is 432. The van der Waals surface area contributed by atoms with Crippen molar-refractivity contribution >= 4 is 27.5 Å². The topological polar surface area (TPSA) is 21.3 Å². The molecular weight excluding hydrogens is 338 g/mol. The minimum atomic E-state index is 0.283. The molecule has 1 saturated heterocycles. The summed E-state index contributed by atoms with van der Waals surface area (Å²) in [5.74, 6) is 0. The number of ether oxygens (including phenoxy) is 1. The summed E-state index contributed by atoms with van der Waals surface area (Å²) in [4.78, 5) is 0. The van der Waals surface area contributed by atoms with Crippen molar-refractivity contribution in [2.75, 3.05) is 26.3 Å². The Labute approximate surface area is 135 Å². The molecule has 1 N–H and O–H groups in total. The van der Waals surface area contributed by atoms with Gasteiger partial charge in [0.25, 0.3) is 0 Å². The summed E-state index contributed by atoms with van der Waals surface area (Å²) in [6.45, 7) is 6.06. The fourth-order valence-corrected chi connectivity index (χ4v) is 3.56. The van der Waals surface area contributed by atoms with Crippen molar-refractivity contribution < 1.29 is 4.74 Å². The second kappa shape index (κ2) is 7.79. The van der Waals surface area contributed by atoms with E-state index in [0.717, 1.165) is 55.1 Å². The number of benzene rings is 1. The molecule has 20 heavy (non-hydrogen) atoms. The highest BCUT2D eigenvalue weighted by molar-refractivity contribution is 9.10. The minimum absolute atomic E-state index is 0.283.